The number of nitrogens with zero attached hydrogens (tertiary/aromatic N) is 1. The van der Waals surface area contributed by atoms with Crippen LogP contribution in [0.3, 0.4) is 0 Å². The minimum Gasteiger partial charge on any atom is -0.543 e. The molecule has 2 aliphatic rings. The molecule has 0 saturated carbocycles. The molecular weight excluding hydrogens is 261 g/mol. The van der Waals surface area contributed by atoms with Crippen LogP contribution in [0.5, 0.6) is 0 Å². The number of carboxylic acids is 1. The third-order valence-electron chi connectivity index (χ3n) is 3.17. The summed E-state index contributed by atoms with van der Waals surface area (Å²) in [5, 5.41) is 20.7. The van der Waals surface area contributed by atoms with E-state index in [1.165, 1.54) is 6.92 Å². The number of fused-ring (bicyclic) bond motifs is 1. The van der Waals surface area contributed by atoms with E-state index in [9.17, 15) is 19.8 Å². The van der Waals surface area contributed by atoms with Crippen LogP contribution >= 0.6 is 0 Å². The average molecular weight is 277 g/mol. The summed E-state index contributed by atoms with van der Waals surface area (Å²) in [4.78, 5) is 24.1. The molecule has 3 atom stereocenters. The molecule has 0 aromatic heterocycles. The molecule has 19 heavy (non-hydrogen) atoms. The fraction of sp³-hybridized carbons (Fsp3) is 0.667. The third-order valence-corrected chi connectivity index (χ3v) is 3.17. The van der Waals surface area contributed by atoms with Crippen LogP contribution in [0, 0.1) is 11.3 Å². The van der Waals surface area contributed by atoms with Crippen molar-refractivity contribution in [3.63, 3.8) is 0 Å². The molecule has 6 nitrogen and oxygen atoms in total. The fourth-order valence-electron chi connectivity index (χ4n) is 2.30. The van der Waals surface area contributed by atoms with E-state index >= 15 is 0 Å². The Morgan fingerprint density at radius 2 is 2.00 bits per heavy atom. The number of rotatable bonds is 2. The van der Waals surface area contributed by atoms with Crippen molar-refractivity contribution in [3.8, 4) is 0 Å². The molecular formula is C12H16NNaO5. The number of hydrogen-bond acceptors (Lipinski definition) is 5. The van der Waals surface area contributed by atoms with E-state index in [1.807, 2.05) is 0 Å². The van der Waals surface area contributed by atoms with Gasteiger partial charge >= 0.3 is 29.6 Å². The van der Waals surface area contributed by atoms with Crippen molar-refractivity contribution in [2.75, 3.05) is 0 Å². The fourth-order valence-corrected chi connectivity index (χ4v) is 2.30. The summed E-state index contributed by atoms with van der Waals surface area (Å²) in [6, 6.07) is 0. The summed E-state index contributed by atoms with van der Waals surface area (Å²) < 4.78 is 5.55. The minimum atomic E-state index is -1.43. The first-order valence-corrected chi connectivity index (χ1v) is 5.80. The van der Waals surface area contributed by atoms with Crippen molar-refractivity contribution in [2.24, 2.45) is 11.3 Å². The van der Waals surface area contributed by atoms with E-state index in [2.05, 4.69) is 0 Å². The van der Waals surface area contributed by atoms with Gasteiger partial charge in [-0.1, -0.05) is 20.8 Å². The van der Waals surface area contributed by atoms with Crippen LogP contribution in [0.1, 0.15) is 27.7 Å². The number of aliphatic hydroxyl groups is 1. The molecule has 0 unspecified atom stereocenters. The molecule has 0 radical (unpaired) electrons. The van der Waals surface area contributed by atoms with Crippen LogP contribution < -0.4 is 34.7 Å². The van der Waals surface area contributed by atoms with Gasteiger partial charge in [0.1, 0.15) is 17.4 Å². The van der Waals surface area contributed by atoms with Gasteiger partial charge < -0.3 is 19.7 Å². The number of carboxylic acid groups (broad SMARTS) is 1. The van der Waals surface area contributed by atoms with Gasteiger partial charge in [-0.3, -0.25) is 9.69 Å². The maximum atomic E-state index is 11.8. The van der Waals surface area contributed by atoms with Gasteiger partial charge in [0, 0.05) is 5.41 Å². The van der Waals surface area contributed by atoms with Gasteiger partial charge in [-0.15, -0.1) is 0 Å². The Morgan fingerprint density at radius 1 is 1.47 bits per heavy atom. The zero-order chi connectivity index (χ0) is 13.8. The van der Waals surface area contributed by atoms with Crippen molar-refractivity contribution in [1.82, 2.24) is 4.90 Å². The summed E-state index contributed by atoms with van der Waals surface area (Å²) >= 11 is 0. The maximum absolute atomic E-state index is 11.8. The molecule has 0 aliphatic carbocycles. The van der Waals surface area contributed by atoms with Crippen LogP contribution in [0.2, 0.25) is 0 Å². The van der Waals surface area contributed by atoms with E-state index in [-0.39, 0.29) is 41.0 Å². The molecule has 0 aromatic rings. The Balaban J connectivity index is 0.00000180. The van der Waals surface area contributed by atoms with E-state index in [0.717, 1.165) is 4.90 Å². The first-order valence-electron chi connectivity index (χ1n) is 5.80. The van der Waals surface area contributed by atoms with Gasteiger partial charge in [-0.05, 0) is 6.92 Å². The van der Waals surface area contributed by atoms with Crippen molar-refractivity contribution in [3.05, 3.63) is 11.5 Å². The van der Waals surface area contributed by atoms with Gasteiger partial charge in [-0.2, -0.15) is 0 Å². The monoisotopic (exact) mass is 277 g/mol. The van der Waals surface area contributed by atoms with Crippen molar-refractivity contribution >= 4 is 11.9 Å². The summed E-state index contributed by atoms with van der Waals surface area (Å²) in [5.74, 6) is -2.35. The van der Waals surface area contributed by atoms with Crippen LogP contribution in [-0.2, 0) is 14.3 Å². The van der Waals surface area contributed by atoms with Crippen molar-refractivity contribution < 1.29 is 54.1 Å². The third kappa shape index (κ3) is 2.42. The molecule has 0 bridgehead atoms. The molecule has 1 amide bonds. The molecule has 0 spiro atoms. The van der Waals surface area contributed by atoms with E-state index in [0.29, 0.717) is 0 Å². The first kappa shape index (κ1) is 16.5. The van der Waals surface area contributed by atoms with Crippen molar-refractivity contribution in [2.45, 2.75) is 40.0 Å². The maximum Gasteiger partial charge on any atom is 1.00 e. The Bertz CT molecular complexity index is 452. The quantitative estimate of drug-likeness (QED) is 0.413. The zero-order valence-corrected chi connectivity index (χ0v) is 13.8. The van der Waals surface area contributed by atoms with E-state index in [4.69, 9.17) is 4.74 Å². The number of carbonyl (C=O) groups excluding carboxylic acids is 2. The smallest absolute Gasteiger partial charge is 0.543 e. The second-order valence-electron chi connectivity index (χ2n) is 5.70. The second kappa shape index (κ2) is 5.09. The van der Waals surface area contributed by atoms with Gasteiger partial charge in [0.05, 0.1) is 12.1 Å². The predicted octanol–water partition coefficient (Wildman–Crippen LogP) is -3.81. The van der Waals surface area contributed by atoms with Gasteiger partial charge in [0.2, 0.25) is 5.91 Å². The van der Waals surface area contributed by atoms with Crippen molar-refractivity contribution in [1.29, 1.82) is 0 Å². The van der Waals surface area contributed by atoms with Gasteiger partial charge in [0.15, 0.2) is 6.23 Å². The number of β-lactam (4-membered cyclic amide) rings is 1. The molecule has 7 heteroatoms. The summed E-state index contributed by atoms with van der Waals surface area (Å²) in [7, 11) is 0. The zero-order valence-electron chi connectivity index (χ0n) is 11.8. The Labute approximate surface area is 133 Å². The number of allylic oxidation sites excluding steroid dienone is 1. The number of ether oxygens (including phenoxy) is 1. The van der Waals surface area contributed by atoms with Crippen LogP contribution in [-0.4, -0.2) is 34.2 Å². The second-order valence-corrected chi connectivity index (χ2v) is 5.70. The number of aliphatic carboxylic acids is 1. The largest absolute Gasteiger partial charge is 1.00 e. The van der Waals surface area contributed by atoms with E-state index in [1.54, 1.807) is 20.8 Å². The number of hydrogen-bond donors (Lipinski definition) is 1. The predicted molar refractivity (Wildman–Crippen MR) is 58.4 cm³/mol. The molecule has 0 aromatic carbocycles. The SMILES string of the molecule is C[C@@H](O)[C@H]1C(=O)N2C(C(=O)[O-])=C(C(C)(C)C)O[C@@H]12.[Na+]. The van der Waals surface area contributed by atoms with E-state index < -0.39 is 35.5 Å². The Hall–Kier alpha value is -0.560. The molecule has 2 heterocycles. The molecule has 1 saturated heterocycles. The van der Waals surface area contributed by atoms with Crippen LogP contribution in [0.25, 0.3) is 0 Å². The first-order chi connectivity index (χ1) is 8.16. The summed E-state index contributed by atoms with van der Waals surface area (Å²) in [5.41, 5.74) is -0.759. The standard InChI is InChI=1S/C12H17NO5.Na/c1-5(14)6-9(15)13-7(11(16)17)8(12(2,3)4)18-10(6)13;/h5-6,10,14H,1-4H3,(H,16,17);/q;+1/p-1/t5-,6+,10+;/m1./s1. The number of aliphatic hydroxyl groups excluding tert-OH is 1. The topological polar surface area (TPSA) is 89.9 Å². The van der Waals surface area contributed by atoms with Crippen LogP contribution in [0.4, 0.5) is 0 Å². The summed E-state index contributed by atoms with van der Waals surface area (Å²) in [6.45, 7) is 6.86. The molecule has 2 rings (SSSR count). The minimum absolute atomic E-state index is 0. The number of carbonyl (C=O) groups is 2. The van der Waals surface area contributed by atoms with Gasteiger partial charge in [0.25, 0.3) is 0 Å². The molecule has 2 aliphatic heterocycles. The number of amides is 1. The van der Waals surface area contributed by atoms with Crippen LogP contribution in [0.15, 0.2) is 11.5 Å². The normalized spacial score (nSPS) is 27.2. The Kier molecular flexibility index (Phi) is 4.42. The molecule has 100 valence electrons. The van der Waals surface area contributed by atoms with Gasteiger partial charge in [-0.25, -0.2) is 0 Å². The Morgan fingerprint density at radius 3 is 2.37 bits per heavy atom. The molecule has 1 N–H and O–H groups in total. The molecule has 1 fully saturated rings. The average Bonchev–Trinajstić information content (AvgIpc) is 2.51. The summed E-state index contributed by atoms with van der Waals surface area (Å²) in [6.07, 6.45) is -1.60.